The molecule has 1 aromatic heterocycles. The number of halogens is 2. The fraction of sp³-hybridized carbons (Fsp3) is 0.375. The Kier molecular flexibility index (Phi) is 3.68. The second kappa shape index (κ2) is 5.51. The standard InChI is InChI=1S/C16H17F2N3O/c1-11-4-2-3-5-12(11)10-16(7-8-16)19-14(22)13-6-9-21(20-13)15(17)18/h2-6,9,15H,7-8,10H2,1H3,(H,19,22). The molecule has 1 aliphatic rings. The summed E-state index contributed by atoms with van der Waals surface area (Å²) in [5, 5.41) is 6.55. The van der Waals surface area contributed by atoms with Crippen LogP contribution in [-0.4, -0.2) is 21.2 Å². The third kappa shape index (κ3) is 3.00. The summed E-state index contributed by atoms with van der Waals surface area (Å²) in [6.45, 7) is -0.694. The first-order valence-electron chi connectivity index (χ1n) is 7.19. The van der Waals surface area contributed by atoms with Crippen molar-refractivity contribution >= 4 is 5.91 Å². The smallest absolute Gasteiger partial charge is 0.333 e. The van der Waals surface area contributed by atoms with Crippen molar-refractivity contribution in [1.29, 1.82) is 0 Å². The van der Waals surface area contributed by atoms with Gasteiger partial charge in [-0.1, -0.05) is 24.3 Å². The molecule has 1 N–H and O–H groups in total. The Labute approximate surface area is 127 Å². The largest absolute Gasteiger partial charge is 0.345 e. The van der Waals surface area contributed by atoms with E-state index in [4.69, 9.17) is 0 Å². The number of hydrogen-bond acceptors (Lipinski definition) is 2. The van der Waals surface area contributed by atoms with Crippen molar-refractivity contribution in [3.63, 3.8) is 0 Å². The van der Waals surface area contributed by atoms with Gasteiger partial charge in [0.2, 0.25) is 0 Å². The third-order valence-corrected chi connectivity index (χ3v) is 4.06. The number of benzene rings is 1. The molecule has 22 heavy (non-hydrogen) atoms. The zero-order valence-corrected chi connectivity index (χ0v) is 12.2. The zero-order valence-electron chi connectivity index (χ0n) is 12.2. The van der Waals surface area contributed by atoms with E-state index in [1.54, 1.807) is 0 Å². The second-order valence-corrected chi connectivity index (χ2v) is 5.80. The molecule has 6 heteroatoms. The topological polar surface area (TPSA) is 46.9 Å². The summed E-state index contributed by atoms with van der Waals surface area (Å²) in [7, 11) is 0. The molecule has 1 saturated carbocycles. The van der Waals surface area contributed by atoms with Gasteiger partial charge in [0.05, 0.1) is 0 Å². The van der Waals surface area contributed by atoms with Crippen molar-refractivity contribution in [3.05, 3.63) is 53.3 Å². The number of nitrogens with one attached hydrogen (secondary N) is 1. The van der Waals surface area contributed by atoms with Crippen molar-refractivity contribution in [2.75, 3.05) is 0 Å². The van der Waals surface area contributed by atoms with Gasteiger partial charge in [0.1, 0.15) is 5.69 Å². The van der Waals surface area contributed by atoms with Crippen LogP contribution in [0.2, 0.25) is 0 Å². The number of amides is 1. The molecule has 0 bridgehead atoms. The Hall–Kier alpha value is -2.24. The highest BCUT2D eigenvalue weighted by Gasteiger charge is 2.44. The molecule has 0 aliphatic heterocycles. The fourth-order valence-electron chi connectivity index (χ4n) is 2.54. The molecular formula is C16H17F2N3O. The lowest BCUT2D eigenvalue weighted by Crippen LogP contribution is -2.39. The van der Waals surface area contributed by atoms with E-state index < -0.39 is 12.5 Å². The predicted octanol–water partition coefficient (Wildman–Crippen LogP) is 3.09. The van der Waals surface area contributed by atoms with Gasteiger partial charge in [-0.3, -0.25) is 4.79 Å². The highest BCUT2D eigenvalue weighted by Crippen LogP contribution is 2.39. The van der Waals surface area contributed by atoms with Gasteiger partial charge in [0, 0.05) is 11.7 Å². The SMILES string of the molecule is Cc1ccccc1CC1(NC(=O)c2ccn(C(F)F)n2)CC1. The van der Waals surface area contributed by atoms with Gasteiger partial charge < -0.3 is 5.32 Å². The molecule has 1 aromatic carbocycles. The molecule has 1 aliphatic carbocycles. The number of hydrogen-bond donors (Lipinski definition) is 1. The van der Waals surface area contributed by atoms with Crippen LogP contribution in [0.1, 0.15) is 41.0 Å². The van der Waals surface area contributed by atoms with E-state index in [9.17, 15) is 13.6 Å². The number of carbonyl (C=O) groups is 1. The lowest BCUT2D eigenvalue weighted by atomic mass is 9.99. The van der Waals surface area contributed by atoms with Crippen LogP contribution in [-0.2, 0) is 6.42 Å². The molecule has 4 nitrogen and oxygen atoms in total. The Balaban J connectivity index is 1.69. The van der Waals surface area contributed by atoms with Crippen molar-refractivity contribution in [2.45, 2.75) is 38.3 Å². The molecule has 1 fully saturated rings. The first-order valence-corrected chi connectivity index (χ1v) is 7.19. The second-order valence-electron chi connectivity index (χ2n) is 5.80. The maximum atomic E-state index is 12.5. The van der Waals surface area contributed by atoms with Crippen LogP contribution in [0, 0.1) is 6.92 Å². The normalized spacial score (nSPS) is 15.8. The van der Waals surface area contributed by atoms with Crippen molar-refractivity contribution in [1.82, 2.24) is 15.1 Å². The van der Waals surface area contributed by atoms with Gasteiger partial charge in [-0.25, -0.2) is 4.68 Å². The minimum absolute atomic E-state index is 0.0244. The van der Waals surface area contributed by atoms with E-state index in [2.05, 4.69) is 10.4 Å². The van der Waals surface area contributed by atoms with E-state index in [0.717, 1.165) is 25.5 Å². The number of carbonyl (C=O) groups excluding carboxylic acids is 1. The van der Waals surface area contributed by atoms with Gasteiger partial charge in [-0.05, 0) is 43.4 Å². The van der Waals surface area contributed by atoms with Gasteiger partial charge >= 0.3 is 6.55 Å². The first-order chi connectivity index (χ1) is 10.5. The Morgan fingerprint density at radius 2 is 2.09 bits per heavy atom. The molecule has 1 heterocycles. The maximum Gasteiger partial charge on any atom is 0.333 e. The summed E-state index contributed by atoms with van der Waals surface area (Å²) in [4.78, 5) is 12.2. The van der Waals surface area contributed by atoms with Crippen molar-refractivity contribution < 1.29 is 13.6 Å². The van der Waals surface area contributed by atoms with Gasteiger partial charge in [-0.2, -0.15) is 13.9 Å². The molecular weight excluding hydrogens is 288 g/mol. The lowest BCUT2D eigenvalue weighted by Gasteiger charge is -2.18. The summed E-state index contributed by atoms with van der Waals surface area (Å²) in [6.07, 6.45) is 3.65. The predicted molar refractivity (Wildman–Crippen MR) is 77.8 cm³/mol. The molecule has 0 saturated heterocycles. The van der Waals surface area contributed by atoms with Gasteiger partial charge in [0.25, 0.3) is 5.91 Å². The molecule has 0 radical (unpaired) electrons. The summed E-state index contributed by atoms with van der Waals surface area (Å²) < 4.78 is 25.5. The zero-order chi connectivity index (χ0) is 15.7. The van der Waals surface area contributed by atoms with Crippen molar-refractivity contribution in [3.8, 4) is 0 Å². The van der Waals surface area contributed by atoms with E-state index >= 15 is 0 Å². The first kappa shape index (κ1) is 14.7. The number of rotatable bonds is 5. The number of aromatic nitrogens is 2. The number of aryl methyl sites for hydroxylation is 1. The van der Waals surface area contributed by atoms with Gasteiger partial charge in [-0.15, -0.1) is 0 Å². The Bertz CT molecular complexity index is 692. The summed E-state index contributed by atoms with van der Waals surface area (Å²) in [6, 6.07) is 9.36. The van der Waals surface area contributed by atoms with E-state index in [-0.39, 0.29) is 11.2 Å². The van der Waals surface area contributed by atoms with E-state index in [0.29, 0.717) is 4.68 Å². The molecule has 0 spiro atoms. The quantitative estimate of drug-likeness (QED) is 0.922. The van der Waals surface area contributed by atoms with Crippen LogP contribution in [0.25, 0.3) is 0 Å². The van der Waals surface area contributed by atoms with Crippen LogP contribution < -0.4 is 5.32 Å². The molecule has 116 valence electrons. The van der Waals surface area contributed by atoms with Crippen molar-refractivity contribution in [2.24, 2.45) is 0 Å². The minimum Gasteiger partial charge on any atom is -0.345 e. The molecule has 1 amide bonds. The maximum absolute atomic E-state index is 12.5. The summed E-state index contributed by atoms with van der Waals surface area (Å²) in [5.41, 5.74) is 2.14. The van der Waals surface area contributed by atoms with Crippen LogP contribution in [0.4, 0.5) is 8.78 Å². The molecule has 0 atom stereocenters. The molecule has 3 rings (SSSR count). The average Bonchev–Trinajstić information content (AvgIpc) is 3.03. The van der Waals surface area contributed by atoms with Gasteiger partial charge in [0.15, 0.2) is 0 Å². The third-order valence-electron chi connectivity index (χ3n) is 4.06. The van der Waals surface area contributed by atoms with E-state index in [1.165, 1.54) is 17.2 Å². The molecule has 0 unspecified atom stereocenters. The van der Waals surface area contributed by atoms with Crippen LogP contribution in [0.15, 0.2) is 36.5 Å². The highest BCUT2D eigenvalue weighted by atomic mass is 19.3. The summed E-state index contributed by atoms with van der Waals surface area (Å²) in [5.74, 6) is -0.398. The lowest BCUT2D eigenvalue weighted by molar-refractivity contribution is 0.0559. The number of alkyl halides is 2. The Morgan fingerprint density at radius 3 is 2.68 bits per heavy atom. The average molecular weight is 305 g/mol. The Morgan fingerprint density at radius 1 is 1.36 bits per heavy atom. The minimum atomic E-state index is -2.73. The fourth-order valence-corrected chi connectivity index (χ4v) is 2.54. The van der Waals surface area contributed by atoms with Crippen LogP contribution in [0.5, 0.6) is 0 Å². The van der Waals surface area contributed by atoms with E-state index in [1.807, 2.05) is 31.2 Å². The number of nitrogens with zero attached hydrogens (tertiary/aromatic N) is 2. The summed E-state index contributed by atoms with van der Waals surface area (Å²) >= 11 is 0. The highest BCUT2D eigenvalue weighted by molar-refractivity contribution is 5.93. The molecule has 2 aromatic rings. The van der Waals surface area contributed by atoms with Crippen LogP contribution >= 0.6 is 0 Å². The van der Waals surface area contributed by atoms with Crippen LogP contribution in [0.3, 0.4) is 0 Å². The monoisotopic (exact) mass is 305 g/mol.